The molecule has 0 spiro atoms. The van der Waals surface area contributed by atoms with Gasteiger partial charge in [-0.15, -0.1) is 0 Å². The number of hydrogen-bond acceptors (Lipinski definition) is 1. The second-order valence-corrected chi connectivity index (χ2v) is 6.54. The predicted molar refractivity (Wildman–Crippen MR) is 80.9 cm³/mol. The fourth-order valence-electron chi connectivity index (χ4n) is 2.32. The van der Waals surface area contributed by atoms with Crippen LogP contribution in [0.1, 0.15) is 91.9 Å². The summed E-state index contributed by atoms with van der Waals surface area (Å²) in [5.74, 6) is 1.84. The highest BCUT2D eigenvalue weighted by Crippen LogP contribution is 2.13. The van der Waals surface area contributed by atoms with E-state index in [4.69, 9.17) is 0 Å². The fraction of sp³-hybridized carbons (Fsp3) is 0.941. The second kappa shape index (κ2) is 11.7. The highest BCUT2D eigenvalue weighted by molar-refractivity contribution is 5.78. The summed E-state index contributed by atoms with van der Waals surface area (Å²) in [6, 6.07) is 0. The van der Waals surface area contributed by atoms with Gasteiger partial charge in [0.25, 0.3) is 0 Å². The molecule has 0 bridgehead atoms. The van der Waals surface area contributed by atoms with Gasteiger partial charge >= 0.3 is 0 Å². The minimum atomic E-state index is 0.460. The van der Waals surface area contributed by atoms with Crippen molar-refractivity contribution in [2.24, 2.45) is 11.8 Å². The first kappa shape index (κ1) is 17.7. The molecule has 0 aliphatic heterocycles. The number of ketones is 1. The van der Waals surface area contributed by atoms with Crippen molar-refractivity contribution in [3.8, 4) is 0 Å². The van der Waals surface area contributed by atoms with Crippen LogP contribution in [0.4, 0.5) is 0 Å². The van der Waals surface area contributed by atoms with Crippen molar-refractivity contribution >= 4 is 5.78 Å². The average molecular weight is 254 g/mol. The van der Waals surface area contributed by atoms with Gasteiger partial charge in [0.05, 0.1) is 0 Å². The van der Waals surface area contributed by atoms with E-state index in [9.17, 15) is 4.79 Å². The van der Waals surface area contributed by atoms with Crippen LogP contribution in [0.5, 0.6) is 0 Å². The Morgan fingerprint density at radius 1 is 0.722 bits per heavy atom. The fourth-order valence-corrected chi connectivity index (χ4v) is 2.32. The molecule has 1 nitrogen and oxygen atoms in total. The van der Waals surface area contributed by atoms with Crippen LogP contribution in [0.3, 0.4) is 0 Å². The predicted octanol–water partition coefficient (Wildman–Crippen LogP) is 5.77. The number of carbonyl (C=O) groups is 1. The van der Waals surface area contributed by atoms with E-state index < -0.39 is 0 Å². The summed E-state index contributed by atoms with van der Waals surface area (Å²) < 4.78 is 0. The van der Waals surface area contributed by atoms with Gasteiger partial charge < -0.3 is 0 Å². The molecule has 0 aliphatic rings. The number of unbranched alkanes of at least 4 members (excludes halogenated alkanes) is 6. The van der Waals surface area contributed by atoms with Crippen molar-refractivity contribution in [1.82, 2.24) is 0 Å². The van der Waals surface area contributed by atoms with Crippen molar-refractivity contribution in [2.75, 3.05) is 0 Å². The zero-order valence-corrected chi connectivity index (χ0v) is 13.1. The Morgan fingerprint density at radius 3 is 1.72 bits per heavy atom. The Bertz CT molecular complexity index is 194. The van der Waals surface area contributed by atoms with Crippen LogP contribution < -0.4 is 0 Å². The number of Topliss-reactive ketones (excluding diaryl/α,β-unsaturated/α-hetero) is 1. The van der Waals surface area contributed by atoms with Crippen LogP contribution in [0.2, 0.25) is 0 Å². The van der Waals surface area contributed by atoms with Crippen LogP contribution >= 0.6 is 0 Å². The van der Waals surface area contributed by atoms with Crippen LogP contribution in [-0.4, -0.2) is 5.78 Å². The molecule has 0 aromatic heterocycles. The van der Waals surface area contributed by atoms with Crippen molar-refractivity contribution < 1.29 is 4.79 Å². The largest absolute Gasteiger partial charge is 0.300 e. The molecule has 0 N–H and O–H groups in total. The van der Waals surface area contributed by atoms with E-state index in [1.807, 2.05) is 0 Å². The lowest BCUT2D eigenvalue weighted by atomic mass is 10.0. The van der Waals surface area contributed by atoms with Crippen LogP contribution in [0, 0.1) is 11.8 Å². The lowest BCUT2D eigenvalue weighted by molar-refractivity contribution is -0.119. The van der Waals surface area contributed by atoms with Gasteiger partial charge in [-0.05, 0) is 18.3 Å². The van der Waals surface area contributed by atoms with E-state index in [-0.39, 0.29) is 0 Å². The third kappa shape index (κ3) is 13.7. The first-order valence-corrected chi connectivity index (χ1v) is 8.04. The van der Waals surface area contributed by atoms with Crippen molar-refractivity contribution in [2.45, 2.75) is 91.9 Å². The summed E-state index contributed by atoms with van der Waals surface area (Å²) in [6.45, 7) is 8.84. The molecule has 0 aromatic rings. The standard InChI is InChI=1S/C17H34O/c1-15(2)12-10-8-6-5-7-9-11-13-17(18)14-16(3)4/h15-16H,5-14H2,1-4H3. The van der Waals surface area contributed by atoms with Crippen molar-refractivity contribution in [3.63, 3.8) is 0 Å². The SMILES string of the molecule is CC(C)CCCCCCCCCC(=O)CC(C)C. The summed E-state index contributed by atoms with van der Waals surface area (Å²) in [4.78, 5) is 11.5. The van der Waals surface area contributed by atoms with Gasteiger partial charge in [-0.1, -0.05) is 72.6 Å². The van der Waals surface area contributed by atoms with Crippen molar-refractivity contribution in [1.29, 1.82) is 0 Å². The molecule has 108 valence electrons. The molecule has 0 rings (SSSR count). The van der Waals surface area contributed by atoms with E-state index in [1.54, 1.807) is 0 Å². The zero-order chi connectivity index (χ0) is 13.8. The maximum Gasteiger partial charge on any atom is 0.133 e. The molecule has 0 saturated heterocycles. The smallest absolute Gasteiger partial charge is 0.133 e. The molecular weight excluding hydrogens is 220 g/mol. The highest BCUT2D eigenvalue weighted by Gasteiger charge is 2.04. The van der Waals surface area contributed by atoms with Gasteiger partial charge in [-0.25, -0.2) is 0 Å². The van der Waals surface area contributed by atoms with E-state index >= 15 is 0 Å². The molecule has 0 heterocycles. The third-order valence-electron chi connectivity index (χ3n) is 3.37. The molecule has 18 heavy (non-hydrogen) atoms. The number of carbonyl (C=O) groups excluding carboxylic acids is 1. The summed E-state index contributed by atoms with van der Waals surface area (Å²) >= 11 is 0. The molecule has 0 amide bonds. The van der Waals surface area contributed by atoms with Crippen LogP contribution in [0.25, 0.3) is 0 Å². The molecule has 0 saturated carbocycles. The normalized spacial score (nSPS) is 11.4. The maximum absolute atomic E-state index is 11.5. The molecular formula is C17H34O. The van der Waals surface area contributed by atoms with Gasteiger partial charge in [0.2, 0.25) is 0 Å². The Balaban J connectivity index is 3.14. The Labute approximate surface area is 115 Å². The van der Waals surface area contributed by atoms with E-state index in [1.165, 1.54) is 44.9 Å². The number of hydrogen-bond donors (Lipinski definition) is 0. The summed E-state index contributed by atoms with van der Waals surface area (Å²) in [5.41, 5.74) is 0. The maximum atomic E-state index is 11.5. The topological polar surface area (TPSA) is 17.1 Å². The monoisotopic (exact) mass is 254 g/mol. The Hall–Kier alpha value is -0.330. The minimum absolute atomic E-state index is 0.460. The lowest BCUT2D eigenvalue weighted by Gasteiger charge is -2.05. The van der Waals surface area contributed by atoms with E-state index in [2.05, 4.69) is 27.7 Å². The van der Waals surface area contributed by atoms with E-state index in [0.717, 1.165) is 25.2 Å². The summed E-state index contributed by atoms with van der Waals surface area (Å²) in [7, 11) is 0. The first-order valence-electron chi connectivity index (χ1n) is 8.04. The zero-order valence-electron chi connectivity index (χ0n) is 13.1. The molecule has 0 radical (unpaired) electrons. The number of rotatable bonds is 12. The minimum Gasteiger partial charge on any atom is -0.300 e. The molecule has 0 unspecified atom stereocenters. The van der Waals surface area contributed by atoms with Gasteiger partial charge in [-0.2, -0.15) is 0 Å². The van der Waals surface area contributed by atoms with Gasteiger partial charge in [0.1, 0.15) is 5.78 Å². The molecule has 0 atom stereocenters. The molecule has 1 heteroatoms. The summed E-state index contributed by atoms with van der Waals surface area (Å²) in [5, 5.41) is 0. The highest BCUT2D eigenvalue weighted by atomic mass is 16.1. The average Bonchev–Trinajstić information content (AvgIpc) is 2.25. The molecule has 0 aromatic carbocycles. The van der Waals surface area contributed by atoms with Gasteiger partial charge in [-0.3, -0.25) is 4.79 Å². The lowest BCUT2D eigenvalue weighted by Crippen LogP contribution is -2.02. The first-order chi connectivity index (χ1) is 8.52. The van der Waals surface area contributed by atoms with Crippen LogP contribution in [0.15, 0.2) is 0 Å². The Kier molecular flexibility index (Phi) is 11.5. The van der Waals surface area contributed by atoms with E-state index in [0.29, 0.717) is 11.7 Å². The molecule has 0 aliphatic carbocycles. The Morgan fingerprint density at radius 2 is 1.22 bits per heavy atom. The van der Waals surface area contributed by atoms with Crippen molar-refractivity contribution in [3.05, 3.63) is 0 Å². The molecule has 0 fully saturated rings. The second-order valence-electron chi connectivity index (χ2n) is 6.54. The third-order valence-corrected chi connectivity index (χ3v) is 3.37. The van der Waals surface area contributed by atoms with Gasteiger partial charge in [0.15, 0.2) is 0 Å². The van der Waals surface area contributed by atoms with Crippen LogP contribution in [-0.2, 0) is 4.79 Å². The summed E-state index contributed by atoms with van der Waals surface area (Å²) in [6.07, 6.45) is 12.2. The quantitative estimate of drug-likeness (QED) is 0.404. The van der Waals surface area contributed by atoms with Gasteiger partial charge in [0, 0.05) is 12.8 Å².